The zero-order valence-corrected chi connectivity index (χ0v) is 19.3. The Morgan fingerprint density at radius 2 is 1.81 bits per heavy atom. The highest BCUT2D eigenvalue weighted by atomic mass is 32.2. The average molecular weight is 453 g/mol. The van der Waals surface area contributed by atoms with Crippen molar-refractivity contribution in [2.45, 2.75) is 19.0 Å². The van der Waals surface area contributed by atoms with Crippen molar-refractivity contribution >= 4 is 17.7 Å². The van der Waals surface area contributed by atoms with Crippen LogP contribution in [-0.4, -0.2) is 81.0 Å². The molecule has 0 bridgehead atoms. The second kappa shape index (κ2) is 10.6. The number of nitrogens with zero attached hydrogens (tertiary/aromatic N) is 6. The molecule has 0 unspecified atom stereocenters. The molecule has 0 radical (unpaired) electrons. The van der Waals surface area contributed by atoms with Gasteiger partial charge in [-0.1, -0.05) is 36.0 Å². The van der Waals surface area contributed by atoms with Crippen LogP contribution >= 0.6 is 11.8 Å². The van der Waals surface area contributed by atoms with Gasteiger partial charge in [-0.2, -0.15) is 4.68 Å². The maximum absolute atomic E-state index is 12.7. The maximum Gasteiger partial charge on any atom is 0.233 e. The van der Waals surface area contributed by atoms with E-state index in [0.29, 0.717) is 17.5 Å². The molecule has 1 amide bonds. The van der Waals surface area contributed by atoms with Gasteiger partial charge >= 0.3 is 0 Å². The molecule has 1 fully saturated rings. The summed E-state index contributed by atoms with van der Waals surface area (Å²) in [5, 5.41) is 12.6. The van der Waals surface area contributed by atoms with E-state index >= 15 is 0 Å². The lowest BCUT2D eigenvalue weighted by Gasteiger charge is -2.34. The van der Waals surface area contributed by atoms with Crippen LogP contribution in [0.2, 0.25) is 0 Å². The molecular weight excluding hydrogens is 424 g/mol. The normalized spacial score (nSPS) is 14.5. The first-order chi connectivity index (χ1) is 15.6. The Hall–Kier alpha value is -2.91. The number of amides is 1. The molecule has 4 rings (SSSR count). The summed E-state index contributed by atoms with van der Waals surface area (Å²) in [6.45, 7) is 8.81. The highest BCUT2D eigenvalue weighted by Crippen LogP contribution is 2.21. The van der Waals surface area contributed by atoms with Crippen molar-refractivity contribution in [3.63, 3.8) is 0 Å². The first-order valence-corrected chi connectivity index (χ1v) is 11.8. The van der Waals surface area contributed by atoms with Gasteiger partial charge in [-0.15, -0.1) is 5.10 Å². The quantitative estimate of drug-likeness (QED) is 0.486. The minimum atomic E-state index is 0.116. The molecule has 0 aliphatic carbocycles. The summed E-state index contributed by atoms with van der Waals surface area (Å²) < 4.78 is 7.47. The third-order valence-electron chi connectivity index (χ3n) is 5.65. The summed E-state index contributed by atoms with van der Waals surface area (Å²) >= 11 is 1.37. The Bertz CT molecular complexity index is 1030. The molecule has 0 N–H and O–H groups in total. The highest BCUT2D eigenvalue weighted by Gasteiger charge is 2.22. The molecule has 32 heavy (non-hydrogen) atoms. The van der Waals surface area contributed by atoms with Gasteiger partial charge in [0, 0.05) is 32.7 Å². The minimum Gasteiger partial charge on any atom is -0.492 e. The summed E-state index contributed by atoms with van der Waals surface area (Å²) in [5.41, 5.74) is 3.30. The summed E-state index contributed by atoms with van der Waals surface area (Å²) in [5.74, 6) is 1.33. The maximum atomic E-state index is 12.7. The van der Waals surface area contributed by atoms with Gasteiger partial charge in [0.2, 0.25) is 11.1 Å². The predicted molar refractivity (Wildman–Crippen MR) is 124 cm³/mol. The Labute approximate surface area is 192 Å². The number of hydrogen-bond donors (Lipinski definition) is 0. The molecule has 1 aromatic heterocycles. The fourth-order valence-electron chi connectivity index (χ4n) is 3.54. The van der Waals surface area contributed by atoms with Crippen molar-refractivity contribution in [3.05, 3.63) is 59.7 Å². The number of aromatic nitrogens is 4. The van der Waals surface area contributed by atoms with Crippen LogP contribution in [0.15, 0.2) is 53.7 Å². The van der Waals surface area contributed by atoms with Gasteiger partial charge < -0.3 is 9.64 Å². The largest absolute Gasteiger partial charge is 0.492 e. The second-order valence-electron chi connectivity index (χ2n) is 7.81. The molecule has 1 aliphatic rings. The number of rotatable bonds is 8. The van der Waals surface area contributed by atoms with Gasteiger partial charge in [0.15, 0.2) is 0 Å². The fraction of sp³-hybridized carbons (Fsp3) is 0.391. The molecule has 1 saturated heterocycles. The Morgan fingerprint density at radius 1 is 1.03 bits per heavy atom. The molecule has 168 valence electrons. The molecule has 0 spiro atoms. The summed E-state index contributed by atoms with van der Waals surface area (Å²) in [6, 6.07) is 15.9. The van der Waals surface area contributed by atoms with Gasteiger partial charge in [0.1, 0.15) is 12.4 Å². The van der Waals surface area contributed by atoms with Crippen molar-refractivity contribution in [2.24, 2.45) is 0 Å². The van der Waals surface area contributed by atoms with E-state index < -0.39 is 0 Å². The minimum absolute atomic E-state index is 0.116. The molecule has 0 atom stereocenters. The number of hydrogen-bond acceptors (Lipinski definition) is 7. The lowest BCUT2D eigenvalue weighted by Crippen LogP contribution is -2.50. The number of ether oxygens (including phenoxy) is 1. The Kier molecular flexibility index (Phi) is 7.39. The molecule has 1 aliphatic heterocycles. The van der Waals surface area contributed by atoms with E-state index in [1.165, 1.54) is 22.9 Å². The van der Waals surface area contributed by atoms with Gasteiger partial charge in [-0.3, -0.25) is 9.69 Å². The zero-order chi connectivity index (χ0) is 22.3. The number of carbonyl (C=O) groups excluding carboxylic acids is 1. The van der Waals surface area contributed by atoms with Crippen LogP contribution in [0, 0.1) is 13.8 Å². The smallest absolute Gasteiger partial charge is 0.233 e. The van der Waals surface area contributed by atoms with Crippen LogP contribution in [-0.2, 0) is 4.79 Å². The van der Waals surface area contributed by atoms with Crippen LogP contribution in [0.5, 0.6) is 5.75 Å². The van der Waals surface area contributed by atoms with E-state index in [1.54, 1.807) is 4.68 Å². The number of benzene rings is 2. The van der Waals surface area contributed by atoms with Crippen LogP contribution in [0.25, 0.3) is 5.69 Å². The van der Waals surface area contributed by atoms with Crippen LogP contribution in [0.3, 0.4) is 0 Å². The third kappa shape index (κ3) is 5.66. The SMILES string of the molecule is Cc1ccc(-n2nnnc2SCC(=O)N2CCN(CCOc3ccccc3)CC2)cc1C. The number of para-hydroxylation sites is 1. The molecule has 2 heterocycles. The van der Waals surface area contributed by atoms with Crippen molar-refractivity contribution in [3.8, 4) is 11.4 Å². The molecule has 0 saturated carbocycles. The lowest BCUT2D eigenvalue weighted by atomic mass is 10.1. The topological polar surface area (TPSA) is 76.4 Å². The standard InChI is InChI=1S/C23H28N6O2S/c1-18-8-9-20(16-19(18)2)29-23(24-25-26-29)32-17-22(30)28-12-10-27(11-13-28)14-15-31-21-6-4-3-5-7-21/h3-9,16H,10-15,17H2,1-2H3. The van der Waals surface area contributed by atoms with Crippen LogP contribution in [0.4, 0.5) is 0 Å². The van der Waals surface area contributed by atoms with E-state index in [0.717, 1.165) is 44.2 Å². The van der Waals surface area contributed by atoms with Crippen LogP contribution < -0.4 is 4.74 Å². The first kappa shape index (κ1) is 22.3. The van der Waals surface area contributed by atoms with E-state index in [4.69, 9.17) is 4.74 Å². The van der Waals surface area contributed by atoms with Crippen molar-refractivity contribution in [2.75, 3.05) is 45.1 Å². The number of carbonyl (C=O) groups is 1. The number of thioether (sulfide) groups is 1. The number of tetrazole rings is 1. The van der Waals surface area contributed by atoms with Gasteiger partial charge in [0.25, 0.3) is 0 Å². The molecule has 8 nitrogen and oxygen atoms in total. The van der Waals surface area contributed by atoms with E-state index in [-0.39, 0.29) is 5.91 Å². The Morgan fingerprint density at radius 3 is 2.56 bits per heavy atom. The first-order valence-electron chi connectivity index (χ1n) is 10.8. The summed E-state index contributed by atoms with van der Waals surface area (Å²) in [7, 11) is 0. The van der Waals surface area contributed by atoms with Gasteiger partial charge in [-0.25, -0.2) is 0 Å². The van der Waals surface area contributed by atoms with Gasteiger partial charge in [0.05, 0.1) is 11.4 Å². The van der Waals surface area contributed by atoms with Crippen molar-refractivity contribution in [1.29, 1.82) is 0 Å². The lowest BCUT2D eigenvalue weighted by molar-refractivity contribution is -0.130. The van der Waals surface area contributed by atoms with Crippen molar-refractivity contribution in [1.82, 2.24) is 30.0 Å². The molecule has 3 aromatic rings. The van der Waals surface area contributed by atoms with E-state index in [2.05, 4.69) is 46.4 Å². The average Bonchev–Trinajstić information content (AvgIpc) is 3.29. The summed E-state index contributed by atoms with van der Waals surface area (Å²) in [4.78, 5) is 17.0. The summed E-state index contributed by atoms with van der Waals surface area (Å²) in [6.07, 6.45) is 0. The number of piperazine rings is 1. The molecule has 9 heteroatoms. The third-order valence-corrected chi connectivity index (χ3v) is 6.55. The highest BCUT2D eigenvalue weighted by molar-refractivity contribution is 7.99. The van der Waals surface area contributed by atoms with Gasteiger partial charge in [-0.05, 0) is 59.7 Å². The molecular formula is C23H28N6O2S. The second-order valence-corrected chi connectivity index (χ2v) is 8.76. The zero-order valence-electron chi connectivity index (χ0n) is 18.5. The van der Waals surface area contributed by atoms with E-state index in [1.807, 2.05) is 41.3 Å². The monoisotopic (exact) mass is 452 g/mol. The van der Waals surface area contributed by atoms with Crippen LogP contribution in [0.1, 0.15) is 11.1 Å². The van der Waals surface area contributed by atoms with Crippen molar-refractivity contribution < 1.29 is 9.53 Å². The number of aryl methyl sites for hydroxylation is 2. The molecule has 2 aromatic carbocycles. The fourth-order valence-corrected chi connectivity index (χ4v) is 4.33. The van der Waals surface area contributed by atoms with E-state index in [9.17, 15) is 4.79 Å². The Balaban J connectivity index is 1.22. The predicted octanol–water partition coefficient (Wildman–Crippen LogP) is 2.59.